The molecule has 2 atom stereocenters. The van der Waals surface area contributed by atoms with Gasteiger partial charge in [-0.25, -0.2) is 0 Å². The molecule has 1 saturated heterocycles. The molecule has 0 saturated carbocycles. The largest absolute Gasteiger partial charge is 0.433 e. The van der Waals surface area contributed by atoms with Crippen molar-refractivity contribution in [2.24, 2.45) is 4.99 Å². The standard InChI is InChI=1S/C21H21F6N7O/c1-19(2,35)15-7-9-34(15)18-32-16(12-4-3-5-13(30-12)20(22,23)24)31-17(33-18)29-11-6-8-28-14(10-11)21(25,26)27/h3-4,6,8,10,13,15,35H,5,7,9H2,1-2H3,(H,28,29,31,32,33)/t13?,15-/m1/s1. The van der Waals surface area contributed by atoms with E-state index in [4.69, 9.17) is 0 Å². The molecule has 0 amide bonds. The van der Waals surface area contributed by atoms with E-state index >= 15 is 0 Å². The van der Waals surface area contributed by atoms with Crippen LogP contribution in [0.15, 0.2) is 35.5 Å². The van der Waals surface area contributed by atoms with Gasteiger partial charge in [-0.15, -0.1) is 0 Å². The number of aromatic nitrogens is 4. The van der Waals surface area contributed by atoms with E-state index in [1.54, 1.807) is 18.7 Å². The van der Waals surface area contributed by atoms with Crippen LogP contribution in [0.4, 0.5) is 43.9 Å². The van der Waals surface area contributed by atoms with Gasteiger partial charge in [0.25, 0.3) is 0 Å². The molecule has 35 heavy (non-hydrogen) atoms. The van der Waals surface area contributed by atoms with Crippen molar-refractivity contribution in [3.63, 3.8) is 0 Å². The van der Waals surface area contributed by atoms with Crippen molar-refractivity contribution in [2.45, 2.75) is 56.7 Å². The van der Waals surface area contributed by atoms with Crippen molar-refractivity contribution >= 4 is 23.3 Å². The number of rotatable bonds is 5. The first-order valence-electron chi connectivity index (χ1n) is 10.6. The Morgan fingerprint density at radius 1 is 1.09 bits per heavy atom. The van der Waals surface area contributed by atoms with Crippen molar-refractivity contribution in [1.82, 2.24) is 19.9 Å². The van der Waals surface area contributed by atoms with E-state index in [0.29, 0.717) is 13.0 Å². The van der Waals surface area contributed by atoms with E-state index in [9.17, 15) is 31.4 Å². The number of halogens is 6. The van der Waals surface area contributed by atoms with Crippen molar-refractivity contribution in [3.05, 3.63) is 42.0 Å². The van der Waals surface area contributed by atoms with Gasteiger partial charge in [-0.1, -0.05) is 6.08 Å². The number of hydrogen-bond acceptors (Lipinski definition) is 8. The highest BCUT2D eigenvalue weighted by molar-refractivity contribution is 6.07. The lowest BCUT2D eigenvalue weighted by Gasteiger charge is -2.47. The number of nitrogens with one attached hydrogen (secondary N) is 1. The number of hydrogen-bond donors (Lipinski definition) is 2. The average Bonchev–Trinajstić information content (AvgIpc) is 2.70. The van der Waals surface area contributed by atoms with Crippen molar-refractivity contribution < 1.29 is 31.4 Å². The minimum Gasteiger partial charge on any atom is -0.388 e. The van der Waals surface area contributed by atoms with Crippen LogP contribution in [0.5, 0.6) is 0 Å². The van der Waals surface area contributed by atoms with Crippen LogP contribution in [0.25, 0.3) is 0 Å². The Morgan fingerprint density at radius 3 is 2.43 bits per heavy atom. The summed E-state index contributed by atoms with van der Waals surface area (Å²) in [5.74, 6) is -0.337. The maximum Gasteiger partial charge on any atom is 0.433 e. The molecule has 2 aromatic heterocycles. The first kappa shape index (κ1) is 24.8. The summed E-state index contributed by atoms with van der Waals surface area (Å²) in [4.78, 5) is 21.3. The molecule has 8 nitrogen and oxygen atoms in total. The third kappa shape index (κ3) is 5.52. The van der Waals surface area contributed by atoms with Crippen LogP contribution < -0.4 is 10.2 Å². The fraction of sp³-hybridized carbons (Fsp3) is 0.476. The molecule has 4 rings (SSSR count). The van der Waals surface area contributed by atoms with Gasteiger partial charge in [0.05, 0.1) is 11.6 Å². The summed E-state index contributed by atoms with van der Waals surface area (Å²) in [5, 5.41) is 13.1. The first-order valence-corrected chi connectivity index (χ1v) is 10.6. The molecule has 0 radical (unpaired) electrons. The summed E-state index contributed by atoms with van der Waals surface area (Å²) < 4.78 is 78.9. The van der Waals surface area contributed by atoms with Gasteiger partial charge in [0, 0.05) is 18.4 Å². The number of aliphatic hydroxyl groups is 1. The minimum atomic E-state index is -4.68. The predicted molar refractivity (Wildman–Crippen MR) is 115 cm³/mol. The monoisotopic (exact) mass is 501 g/mol. The number of alkyl halides is 6. The lowest BCUT2D eigenvalue weighted by molar-refractivity contribution is -0.146. The Hall–Kier alpha value is -3.29. The number of anilines is 3. The molecule has 2 aromatic rings. The van der Waals surface area contributed by atoms with Gasteiger partial charge in [0.2, 0.25) is 11.9 Å². The number of pyridine rings is 1. The molecule has 14 heteroatoms. The van der Waals surface area contributed by atoms with Crippen LogP contribution >= 0.6 is 0 Å². The fourth-order valence-corrected chi connectivity index (χ4v) is 3.73. The van der Waals surface area contributed by atoms with Gasteiger partial charge in [0.1, 0.15) is 17.4 Å². The Kier molecular flexibility index (Phi) is 6.19. The third-order valence-electron chi connectivity index (χ3n) is 5.56. The molecule has 0 aromatic carbocycles. The van der Waals surface area contributed by atoms with E-state index < -0.39 is 29.7 Å². The summed E-state index contributed by atoms with van der Waals surface area (Å²) in [7, 11) is 0. The van der Waals surface area contributed by atoms with E-state index in [1.165, 1.54) is 18.2 Å². The van der Waals surface area contributed by atoms with E-state index in [2.05, 4.69) is 30.2 Å². The second-order valence-electron chi connectivity index (χ2n) is 8.70. The Labute approximate surface area is 195 Å². The fourth-order valence-electron chi connectivity index (χ4n) is 3.73. The molecule has 0 bridgehead atoms. The third-order valence-corrected chi connectivity index (χ3v) is 5.56. The van der Waals surface area contributed by atoms with Crippen LogP contribution in [-0.2, 0) is 6.18 Å². The number of nitrogens with zero attached hydrogens (tertiary/aromatic N) is 6. The highest BCUT2D eigenvalue weighted by Gasteiger charge is 2.42. The van der Waals surface area contributed by atoms with Gasteiger partial charge in [0.15, 0.2) is 5.82 Å². The highest BCUT2D eigenvalue weighted by Crippen LogP contribution is 2.33. The highest BCUT2D eigenvalue weighted by atomic mass is 19.4. The SMILES string of the molecule is CC(C)(O)[C@H]1CCN1c1nc(Nc2ccnc(C(F)(F)F)c2)nc(C2=NC(C(F)(F)F)CC=C2)n1. The second-order valence-corrected chi connectivity index (χ2v) is 8.70. The molecule has 0 spiro atoms. The molecule has 2 aliphatic heterocycles. The molecular weight excluding hydrogens is 480 g/mol. The maximum absolute atomic E-state index is 13.2. The Morgan fingerprint density at radius 2 is 1.83 bits per heavy atom. The molecule has 0 aliphatic carbocycles. The number of dihydropyridines is 1. The normalized spacial score (nSPS) is 20.9. The van der Waals surface area contributed by atoms with Gasteiger partial charge in [-0.2, -0.15) is 41.3 Å². The first-order chi connectivity index (χ1) is 16.2. The summed E-state index contributed by atoms with van der Waals surface area (Å²) in [6.07, 6.45) is -5.36. The minimum absolute atomic E-state index is 0.0348. The van der Waals surface area contributed by atoms with Crippen LogP contribution in [0.2, 0.25) is 0 Å². The Balaban J connectivity index is 1.74. The molecule has 4 heterocycles. The van der Waals surface area contributed by atoms with Crippen LogP contribution in [0.3, 0.4) is 0 Å². The summed E-state index contributed by atoms with van der Waals surface area (Å²) in [6, 6.07) is -0.333. The maximum atomic E-state index is 13.2. The topological polar surface area (TPSA) is 99.4 Å². The van der Waals surface area contributed by atoms with E-state index in [0.717, 1.165) is 12.3 Å². The quantitative estimate of drug-likeness (QED) is 0.597. The van der Waals surface area contributed by atoms with Gasteiger partial charge < -0.3 is 15.3 Å². The Bertz CT molecular complexity index is 1160. The van der Waals surface area contributed by atoms with Gasteiger partial charge >= 0.3 is 12.4 Å². The van der Waals surface area contributed by atoms with Crippen LogP contribution in [0, 0.1) is 0 Å². The summed E-state index contributed by atoms with van der Waals surface area (Å²) in [5.41, 5.74) is -2.45. The zero-order valence-corrected chi connectivity index (χ0v) is 18.6. The van der Waals surface area contributed by atoms with E-state index in [-0.39, 0.29) is 41.6 Å². The molecule has 1 unspecified atom stereocenters. The molecular formula is C21H21F6N7O. The number of aliphatic imine (C=N–C) groups is 1. The molecule has 188 valence electrons. The van der Waals surface area contributed by atoms with Crippen molar-refractivity contribution in [1.29, 1.82) is 0 Å². The van der Waals surface area contributed by atoms with E-state index in [1.807, 2.05) is 0 Å². The summed E-state index contributed by atoms with van der Waals surface area (Å²) >= 11 is 0. The molecule has 1 fully saturated rings. The second kappa shape index (κ2) is 8.73. The van der Waals surface area contributed by atoms with Gasteiger partial charge in [-0.05, 0) is 44.9 Å². The lowest BCUT2D eigenvalue weighted by Crippen LogP contribution is -2.59. The smallest absolute Gasteiger partial charge is 0.388 e. The predicted octanol–water partition coefficient (Wildman–Crippen LogP) is 4.06. The lowest BCUT2D eigenvalue weighted by atomic mass is 9.88. The molecule has 2 aliphatic rings. The van der Waals surface area contributed by atoms with Gasteiger partial charge in [-0.3, -0.25) is 9.98 Å². The number of allylic oxidation sites excluding steroid dienone is 1. The zero-order valence-electron chi connectivity index (χ0n) is 18.6. The van der Waals surface area contributed by atoms with Crippen molar-refractivity contribution in [3.8, 4) is 0 Å². The molecule has 2 N–H and O–H groups in total. The van der Waals surface area contributed by atoms with Crippen molar-refractivity contribution in [2.75, 3.05) is 16.8 Å². The zero-order chi connectivity index (χ0) is 25.6. The van der Waals surface area contributed by atoms with Crippen LogP contribution in [-0.4, -0.2) is 61.2 Å². The van der Waals surface area contributed by atoms with Crippen LogP contribution in [0.1, 0.15) is 38.2 Å². The average molecular weight is 501 g/mol. The summed E-state index contributed by atoms with van der Waals surface area (Å²) in [6.45, 7) is 3.66.